The lowest BCUT2D eigenvalue weighted by Crippen LogP contribution is -2.35. The molecular weight excluding hydrogens is 208 g/mol. The Morgan fingerprint density at radius 1 is 1.18 bits per heavy atom. The number of nitrogens with one attached hydrogen (secondary N) is 1. The van der Waals surface area contributed by atoms with Gasteiger partial charge in [0.15, 0.2) is 0 Å². The first kappa shape index (κ1) is 13.4. The molecule has 2 atom stereocenters. The summed E-state index contributed by atoms with van der Waals surface area (Å²) >= 11 is 0. The predicted octanol–water partition coefficient (Wildman–Crippen LogP) is 3.03. The van der Waals surface area contributed by atoms with Crippen LogP contribution in [0.1, 0.15) is 58.8 Å². The van der Waals surface area contributed by atoms with Gasteiger partial charge >= 0.3 is 0 Å². The van der Waals surface area contributed by atoms with E-state index >= 15 is 0 Å². The fourth-order valence-electron chi connectivity index (χ4n) is 3.00. The molecule has 1 saturated carbocycles. The van der Waals surface area contributed by atoms with E-state index in [0.29, 0.717) is 0 Å². The molecule has 2 rings (SSSR count). The molecule has 0 radical (unpaired) electrons. The van der Waals surface area contributed by atoms with Crippen LogP contribution < -0.4 is 5.32 Å². The van der Waals surface area contributed by atoms with Crippen molar-refractivity contribution < 1.29 is 0 Å². The van der Waals surface area contributed by atoms with Crippen LogP contribution in [0.15, 0.2) is 0 Å². The Labute approximate surface area is 107 Å². The van der Waals surface area contributed by atoms with Gasteiger partial charge in [0.05, 0.1) is 0 Å². The summed E-state index contributed by atoms with van der Waals surface area (Å²) in [6, 6.07) is 1.67. The van der Waals surface area contributed by atoms with Gasteiger partial charge in [0, 0.05) is 25.2 Å². The van der Waals surface area contributed by atoms with Crippen molar-refractivity contribution in [1.82, 2.24) is 10.2 Å². The smallest absolute Gasteiger partial charge is 0.0209 e. The van der Waals surface area contributed by atoms with Crippen molar-refractivity contribution in [3.63, 3.8) is 0 Å². The van der Waals surface area contributed by atoms with Crippen LogP contribution in [0.25, 0.3) is 0 Å². The number of unbranched alkanes of at least 4 members (excludes halogenated alkanes) is 1. The molecule has 2 aliphatic rings. The molecule has 1 aliphatic heterocycles. The second kappa shape index (κ2) is 6.75. The summed E-state index contributed by atoms with van der Waals surface area (Å²) in [5.74, 6) is 0.939. The maximum atomic E-state index is 3.78. The lowest BCUT2D eigenvalue weighted by atomic mass is 9.99. The number of hydrogen-bond donors (Lipinski definition) is 1. The molecule has 0 bridgehead atoms. The zero-order valence-corrected chi connectivity index (χ0v) is 11.8. The van der Waals surface area contributed by atoms with Crippen molar-refractivity contribution in [2.75, 3.05) is 19.6 Å². The van der Waals surface area contributed by atoms with E-state index < -0.39 is 0 Å². The Morgan fingerprint density at radius 3 is 2.65 bits per heavy atom. The van der Waals surface area contributed by atoms with Gasteiger partial charge in [-0.2, -0.15) is 0 Å². The van der Waals surface area contributed by atoms with Crippen LogP contribution in [0, 0.1) is 5.92 Å². The van der Waals surface area contributed by atoms with Gasteiger partial charge in [-0.15, -0.1) is 0 Å². The van der Waals surface area contributed by atoms with Crippen LogP contribution in [-0.4, -0.2) is 36.6 Å². The third-order valence-electron chi connectivity index (χ3n) is 4.38. The highest BCUT2D eigenvalue weighted by Gasteiger charge is 2.29. The molecule has 1 N–H and O–H groups in total. The fraction of sp³-hybridized carbons (Fsp3) is 1.00. The minimum atomic E-state index is 0.797. The van der Waals surface area contributed by atoms with Crippen LogP contribution >= 0.6 is 0 Å². The van der Waals surface area contributed by atoms with E-state index in [1.807, 2.05) is 0 Å². The molecular formula is C15H30N2. The first-order valence-electron chi connectivity index (χ1n) is 7.80. The third-order valence-corrected chi connectivity index (χ3v) is 4.38. The van der Waals surface area contributed by atoms with Crippen molar-refractivity contribution in [1.29, 1.82) is 0 Å². The SMILES string of the molecule is CCCCC(CC)CN1CCC(NC2CC2)C1. The standard InChI is InChI=1S/C15H30N2/c1-3-5-6-13(4-2)11-17-10-9-15(12-17)16-14-7-8-14/h13-16H,3-12H2,1-2H3. The van der Waals surface area contributed by atoms with Gasteiger partial charge in [-0.3, -0.25) is 0 Å². The van der Waals surface area contributed by atoms with Crippen LogP contribution in [0.4, 0.5) is 0 Å². The second-order valence-electron chi connectivity index (χ2n) is 6.10. The lowest BCUT2D eigenvalue weighted by molar-refractivity contribution is 0.255. The zero-order valence-electron chi connectivity index (χ0n) is 11.8. The lowest BCUT2D eigenvalue weighted by Gasteiger charge is -2.23. The first-order chi connectivity index (χ1) is 8.31. The zero-order chi connectivity index (χ0) is 12.1. The summed E-state index contributed by atoms with van der Waals surface area (Å²) in [6.07, 6.45) is 9.77. The molecule has 0 aromatic heterocycles. The van der Waals surface area contributed by atoms with Gasteiger partial charge in [0.2, 0.25) is 0 Å². The molecule has 0 aromatic rings. The first-order valence-corrected chi connectivity index (χ1v) is 7.80. The van der Waals surface area contributed by atoms with Crippen LogP contribution in [-0.2, 0) is 0 Å². The van der Waals surface area contributed by atoms with Crippen molar-refractivity contribution in [3.8, 4) is 0 Å². The third kappa shape index (κ3) is 4.59. The summed E-state index contributed by atoms with van der Waals surface area (Å²) in [5, 5.41) is 3.78. The Balaban J connectivity index is 1.64. The highest BCUT2D eigenvalue weighted by atomic mass is 15.2. The number of likely N-dealkylation sites (tertiary alicyclic amines) is 1. The van der Waals surface area contributed by atoms with Crippen molar-refractivity contribution >= 4 is 0 Å². The van der Waals surface area contributed by atoms with Gasteiger partial charge in [-0.1, -0.05) is 33.1 Å². The number of rotatable bonds is 8. The minimum absolute atomic E-state index is 0.797. The van der Waals surface area contributed by atoms with Crippen molar-refractivity contribution in [2.45, 2.75) is 70.9 Å². The Morgan fingerprint density at radius 2 is 2.00 bits per heavy atom. The number of hydrogen-bond acceptors (Lipinski definition) is 2. The van der Waals surface area contributed by atoms with Gasteiger partial charge in [0.1, 0.15) is 0 Å². The second-order valence-corrected chi connectivity index (χ2v) is 6.10. The fourth-order valence-corrected chi connectivity index (χ4v) is 3.00. The molecule has 0 spiro atoms. The summed E-state index contributed by atoms with van der Waals surface area (Å²) in [7, 11) is 0. The van der Waals surface area contributed by atoms with E-state index in [9.17, 15) is 0 Å². The number of nitrogens with zero attached hydrogens (tertiary/aromatic N) is 1. The van der Waals surface area contributed by atoms with E-state index in [-0.39, 0.29) is 0 Å². The molecule has 1 heterocycles. The van der Waals surface area contributed by atoms with Gasteiger partial charge in [-0.05, 0) is 38.1 Å². The quantitative estimate of drug-likeness (QED) is 0.699. The predicted molar refractivity (Wildman–Crippen MR) is 74.3 cm³/mol. The molecule has 100 valence electrons. The van der Waals surface area contributed by atoms with E-state index in [4.69, 9.17) is 0 Å². The Kier molecular flexibility index (Phi) is 5.30. The molecule has 17 heavy (non-hydrogen) atoms. The van der Waals surface area contributed by atoms with E-state index in [2.05, 4.69) is 24.1 Å². The Hall–Kier alpha value is -0.0800. The van der Waals surface area contributed by atoms with Crippen molar-refractivity contribution in [3.05, 3.63) is 0 Å². The van der Waals surface area contributed by atoms with E-state index in [0.717, 1.165) is 18.0 Å². The molecule has 2 nitrogen and oxygen atoms in total. The van der Waals surface area contributed by atoms with E-state index in [1.54, 1.807) is 0 Å². The maximum absolute atomic E-state index is 3.78. The average Bonchev–Trinajstić information content (AvgIpc) is 3.04. The summed E-state index contributed by atoms with van der Waals surface area (Å²) < 4.78 is 0. The summed E-state index contributed by atoms with van der Waals surface area (Å²) in [6.45, 7) is 8.64. The van der Waals surface area contributed by atoms with E-state index in [1.165, 1.54) is 64.6 Å². The van der Waals surface area contributed by atoms with Gasteiger partial charge < -0.3 is 10.2 Å². The molecule has 0 amide bonds. The molecule has 1 saturated heterocycles. The van der Waals surface area contributed by atoms with Gasteiger partial charge in [0.25, 0.3) is 0 Å². The molecule has 0 aromatic carbocycles. The molecule has 2 heteroatoms. The minimum Gasteiger partial charge on any atom is -0.310 e. The van der Waals surface area contributed by atoms with Gasteiger partial charge in [-0.25, -0.2) is 0 Å². The summed E-state index contributed by atoms with van der Waals surface area (Å²) in [5.41, 5.74) is 0. The molecule has 2 unspecified atom stereocenters. The largest absolute Gasteiger partial charge is 0.310 e. The van der Waals surface area contributed by atoms with Crippen molar-refractivity contribution in [2.24, 2.45) is 5.92 Å². The van der Waals surface area contributed by atoms with Crippen LogP contribution in [0.2, 0.25) is 0 Å². The Bertz CT molecular complexity index is 213. The summed E-state index contributed by atoms with van der Waals surface area (Å²) in [4.78, 5) is 2.70. The van der Waals surface area contributed by atoms with Crippen LogP contribution in [0.5, 0.6) is 0 Å². The molecule has 1 aliphatic carbocycles. The highest BCUT2D eigenvalue weighted by molar-refractivity contribution is 4.89. The molecule has 2 fully saturated rings. The van der Waals surface area contributed by atoms with Crippen LogP contribution in [0.3, 0.4) is 0 Å². The monoisotopic (exact) mass is 238 g/mol. The topological polar surface area (TPSA) is 15.3 Å². The average molecular weight is 238 g/mol. The normalized spacial score (nSPS) is 27.5. The highest BCUT2D eigenvalue weighted by Crippen LogP contribution is 2.23. The maximum Gasteiger partial charge on any atom is 0.0209 e.